The lowest BCUT2D eigenvalue weighted by Crippen LogP contribution is -2.28. The summed E-state index contributed by atoms with van der Waals surface area (Å²) < 4.78 is 10.5. The minimum atomic E-state index is 0.0272. The molecule has 114 valence electrons. The van der Waals surface area contributed by atoms with Crippen LogP contribution in [0.25, 0.3) is 0 Å². The van der Waals surface area contributed by atoms with E-state index < -0.39 is 0 Å². The fourth-order valence-electron chi connectivity index (χ4n) is 2.06. The highest BCUT2D eigenvalue weighted by molar-refractivity contribution is 5.94. The summed E-state index contributed by atoms with van der Waals surface area (Å²) in [5.74, 6) is 0.777. The van der Waals surface area contributed by atoms with Crippen molar-refractivity contribution in [1.29, 1.82) is 5.26 Å². The molecular formula is C16H22N2O3. The number of rotatable bonds is 9. The second-order valence-electron chi connectivity index (χ2n) is 4.76. The summed E-state index contributed by atoms with van der Waals surface area (Å²) in [6.07, 6.45) is 0.457. The number of carbonyl (C=O) groups excluding carboxylic acids is 1. The van der Waals surface area contributed by atoms with Crippen molar-refractivity contribution in [3.05, 3.63) is 29.3 Å². The van der Waals surface area contributed by atoms with Gasteiger partial charge in [0.2, 0.25) is 0 Å². The SMILES string of the molecule is COCCN(CCC#N)Cc1cc(C(C)=O)ccc1OC. The van der Waals surface area contributed by atoms with E-state index in [1.807, 2.05) is 12.1 Å². The molecule has 0 fully saturated rings. The highest BCUT2D eigenvalue weighted by atomic mass is 16.5. The van der Waals surface area contributed by atoms with Crippen LogP contribution in [0.2, 0.25) is 0 Å². The Hall–Kier alpha value is -1.90. The fraction of sp³-hybridized carbons (Fsp3) is 0.500. The van der Waals surface area contributed by atoms with Gasteiger partial charge in [-0.3, -0.25) is 9.69 Å². The summed E-state index contributed by atoms with van der Waals surface area (Å²) in [7, 11) is 3.26. The van der Waals surface area contributed by atoms with Crippen LogP contribution in [0, 0.1) is 11.3 Å². The summed E-state index contributed by atoms with van der Waals surface area (Å²) >= 11 is 0. The van der Waals surface area contributed by atoms with E-state index in [0.717, 1.165) is 17.9 Å². The molecule has 0 atom stereocenters. The number of Topliss-reactive ketones (excluding diaryl/α,β-unsaturated/α-hetero) is 1. The van der Waals surface area contributed by atoms with Crippen LogP contribution in [-0.2, 0) is 11.3 Å². The number of ether oxygens (including phenoxy) is 2. The van der Waals surface area contributed by atoms with Gasteiger partial charge in [-0.2, -0.15) is 5.26 Å². The smallest absolute Gasteiger partial charge is 0.159 e. The van der Waals surface area contributed by atoms with Gasteiger partial charge in [0.1, 0.15) is 5.75 Å². The number of benzene rings is 1. The van der Waals surface area contributed by atoms with Gasteiger partial charge in [-0.05, 0) is 25.1 Å². The number of methoxy groups -OCH3 is 2. The second kappa shape index (κ2) is 9.11. The second-order valence-corrected chi connectivity index (χ2v) is 4.76. The van der Waals surface area contributed by atoms with Gasteiger partial charge in [0.25, 0.3) is 0 Å². The van der Waals surface area contributed by atoms with Crippen LogP contribution in [0.3, 0.4) is 0 Å². The van der Waals surface area contributed by atoms with Gasteiger partial charge in [0.15, 0.2) is 5.78 Å². The number of hydrogen-bond acceptors (Lipinski definition) is 5. The number of nitrogens with zero attached hydrogens (tertiary/aromatic N) is 2. The molecule has 0 saturated carbocycles. The molecule has 0 N–H and O–H groups in total. The van der Waals surface area contributed by atoms with E-state index in [2.05, 4.69) is 11.0 Å². The summed E-state index contributed by atoms with van der Waals surface area (Å²) in [5, 5.41) is 8.75. The molecule has 0 aliphatic heterocycles. The van der Waals surface area contributed by atoms with Gasteiger partial charge in [0, 0.05) is 44.3 Å². The van der Waals surface area contributed by atoms with Gasteiger partial charge in [-0.1, -0.05) is 0 Å². The van der Waals surface area contributed by atoms with Crippen molar-refractivity contribution in [3.63, 3.8) is 0 Å². The molecule has 0 amide bonds. The van der Waals surface area contributed by atoms with E-state index in [0.29, 0.717) is 31.7 Å². The Morgan fingerprint density at radius 1 is 1.33 bits per heavy atom. The van der Waals surface area contributed by atoms with Crippen molar-refractivity contribution >= 4 is 5.78 Å². The lowest BCUT2D eigenvalue weighted by Gasteiger charge is -2.22. The maximum Gasteiger partial charge on any atom is 0.159 e. The summed E-state index contributed by atoms with van der Waals surface area (Å²) in [4.78, 5) is 13.6. The molecular weight excluding hydrogens is 268 g/mol. The molecule has 5 heteroatoms. The Morgan fingerprint density at radius 3 is 2.67 bits per heavy atom. The number of nitriles is 1. The molecule has 0 bridgehead atoms. The molecule has 0 heterocycles. The van der Waals surface area contributed by atoms with Crippen molar-refractivity contribution in [3.8, 4) is 11.8 Å². The number of carbonyl (C=O) groups is 1. The van der Waals surface area contributed by atoms with Gasteiger partial charge in [-0.25, -0.2) is 0 Å². The van der Waals surface area contributed by atoms with Crippen molar-refractivity contribution in [2.24, 2.45) is 0 Å². The lowest BCUT2D eigenvalue weighted by molar-refractivity contribution is 0.101. The molecule has 0 aliphatic carbocycles. The van der Waals surface area contributed by atoms with Gasteiger partial charge < -0.3 is 9.47 Å². The molecule has 0 aromatic heterocycles. The first-order chi connectivity index (χ1) is 10.1. The van der Waals surface area contributed by atoms with Gasteiger partial charge >= 0.3 is 0 Å². The first-order valence-corrected chi connectivity index (χ1v) is 6.88. The summed E-state index contributed by atoms with van der Waals surface area (Å²) in [5.41, 5.74) is 1.61. The highest BCUT2D eigenvalue weighted by Gasteiger charge is 2.12. The highest BCUT2D eigenvalue weighted by Crippen LogP contribution is 2.22. The molecule has 0 radical (unpaired) electrons. The van der Waals surface area contributed by atoms with Gasteiger partial charge in [-0.15, -0.1) is 0 Å². The van der Waals surface area contributed by atoms with Crippen molar-refractivity contribution < 1.29 is 14.3 Å². The predicted molar refractivity (Wildman–Crippen MR) is 80.4 cm³/mol. The van der Waals surface area contributed by atoms with Crippen molar-refractivity contribution in [1.82, 2.24) is 4.90 Å². The topological polar surface area (TPSA) is 62.6 Å². The molecule has 5 nitrogen and oxygen atoms in total. The lowest BCUT2D eigenvalue weighted by atomic mass is 10.1. The Kier molecular flexibility index (Phi) is 7.44. The third kappa shape index (κ3) is 5.54. The maximum absolute atomic E-state index is 11.5. The average Bonchev–Trinajstić information content (AvgIpc) is 2.49. The van der Waals surface area contributed by atoms with Crippen LogP contribution in [0.1, 0.15) is 29.3 Å². The van der Waals surface area contributed by atoms with E-state index in [9.17, 15) is 4.79 Å². The fourth-order valence-corrected chi connectivity index (χ4v) is 2.06. The summed E-state index contributed by atoms with van der Waals surface area (Å²) in [6.45, 7) is 4.15. The third-order valence-corrected chi connectivity index (χ3v) is 3.23. The van der Waals surface area contributed by atoms with E-state index >= 15 is 0 Å². The standard InChI is InChI=1S/C16H22N2O3/c1-13(19)14-5-6-16(21-3)15(11-14)12-18(8-4-7-17)9-10-20-2/h5-6,11H,4,8-10,12H2,1-3H3. The zero-order valence-electron chi connectivity index (χ0n) is 12.9. The minimum absolute atomic E-state index is 0.0272. The zero-order valence-corrected chi connectivity index (χ0v) is 12.9. The average molecular weight is 290 g/mol. The van der Waals surface area contributed by atoms with Crippen LogP contribution in [0.4, 0.5) is 0 Å². The Morgan fingerprint density at radius 2 is 2.10 bits per heavy atom. The normalized spacial score (nSPS) is 10.4. The van der Waals surface area contributed by atoms with E-state index in [1.165, 1.54) is 0 Å². The molecule has 0 unspecified atom stereocenters. The molecule has 0 spiro atoms. The largest absolute Gasteiger partial charge is 0.496 e. The molecule has 21 heavy (non-hydrogen) atoms. The van der Waals surface area contributed by atoms with Crippen LogP contribution in [0.15, 0.2) is 18.2 Å². The van der Waals surface area contributed by atoms with E-state index in [4.69, 9.17) is 14.7 Å². The number of ketones is 1. The minimum Gasteiger partial charge on any atom is -0.496 e. The Labute approximate surface area is 126 Å². The van der Waals surface area contributed by atoms with Gasteiger partial charge in [0.05, 0.1) is 19.8 Å². The molecule has 0 saturated heterocycles. The van der Waals surface area contributed by atoms with Crippen molar-refractivity contribution in [2.75, 3.05) is 33.9 Å². The van der Waals surface area contributed by atoms with Crippen LogP contribution in [0.5, 0.6) is 5.75 Å². The molecule has 1 rings (SSSR count). The Bertz CT molecular complexity index is 509. The van der Waals surface area contributed by atoms with Crippen LogP contribution >= 0.6 is 0 Å². The molecule has 1 aromatic rings. The van der Waals surface area contributed by atoms with E-state index in [1.54, 1.807) is 27.2 Å². The predicted octanol–water partition coefficient (Wildman–Crippen LogP) is 2.26. The molecule has 1 aromatic carbocycles. The molecule has 0 aliphatic rings. The van der Waals surface area contributed by atoms with Crippen molar-refractivity contribution in [2.45, 2.75) is 19.9 Å². The summed E-state index contributed by atoms with van der Waals surface area (Å²) in [6, 6.07) is 7.58. The quantitative estimate of drug-likeness (QED) is 0.653. The first kappa shape index (κ1) is 17.2. The third-order valence-electron chi connectivity index (χ3n) is 3.23. The zero-order chi connectivity index (χ0) is 15.7. The maximum atomic E-state index is 11.5. The Balaban J connectivity index is 2.91. The van der Waals surface area contributed by atoms with Crippen LogP contribution < -0.4 is 4.74 Å². The first-order valence-electron chi connectivity index (χ1n) is 6.88. The van der Waals surface area contributed by atoms with Crippen LogP contribution in [-0.4, -0.2) is 44.6 Å². The van der Waals surface area contributed by atoms with E-state index in [-0.39, 0.29) is 5.78 Å². The monoisotopic (exact) mass is 290 g/mol. The number of hydrogen-bond donors (Lipinski definition) is 0.